The van der Waals surface area contributed by atoms with Crippen LogP contribution in [-0.2, 0) is 0 Å². The molecule has 12 aromatic rings. The molecule has 0 saturated carbocycles. The molecule has 0 unspecified atom stereocenters. The topological polar surface area (TPSA) is 48.8 Å². The molecule has 0 N–H and O–H groups in total. The van der Waals surface area contributed by atoms with Crippen LogP contribution in [0.2, 0.25) is 0 Å². The van der Waals surface area contributed by atoms with E-state index in [4.69, 9.17) is 14.4 Å². The molecule has 4 heterocycles. The molecule has 0 bridgehead atoms. The Balaban J connectivity index is 1.18. The zero-order valence-electron chi connectivity index (χ0n) is 28.4. The fourth-order valence-electron chi connectivity index (χ4n) is 8.64. The van der Waals surface area contributed by atoms with Crippen LogP contribution in [0.1, 0.15) is 0 Å². The van der Waals surface area contributed by atoms with Crippen LogP contribution in [-0.4, -0.2) is 19.1 Å². The second kappa shape index (κ2) is 10.6. The molecule has 0 spiro atoms. The Morgan fingerprint density at radius 1 is 0.415 bits per heavy atom. The lowest BCUT2D eigenvalue weighted by Crippen LogP contribution is -2.03. The summed E-state index contributed by atoms with van der Waals surface area (Å²) in [6.45, 7) is 0. The molecule has 0 aliphatic carbocycles. The van der Waals surface area contributed by atoms with Crippen LogP contribution in [0.5, 0.6) is 0 Å². The summed E-state index contributed by atoms with van der Waals surface area (Å²) in [7, 11) is 0. The molecule has 246 valence electrons. The van der Waals surface area contributed by atoms with Crippen LogP contribution in [0.4, 0.5) is 0 Å². The number of fused-ring (bicyclic) bond motifs is 12. The van der Waals surface area contributed by atoms with Gasteiger partial charge in [0.25, 0.3) is 0 Å². The van der Waals surface area contributed by atoms with Gasteiger partial charge in [0.05, 0.1) is 33.3 Å². The number of rotatable bonds is 3. The predicted octanol–water partition coefficient (Wildman–Crippen LogP) is 12.5. The monoisotopic (exact) mass is 676 g/mol. The number of nitrogens with zero attached hydrogens (tertiary/aromatic N) is 4. The number of benzene rings is 8. The first-order valence-electron chi connectivity index (χ1n) is 17.9. The summed E-state index contributed by atoms with van der Waals surface area (Å²) in [6, 6.07) is 60.0. The Labute approximate surface area is 302 Å². The van der Waals surface area contributed by atoms with Crippen LogP contribution >= 0.6 is 0 Å². The molecule has 0 radical (unpaired) electrons. The summed E-state index contributed by atoms with van der Waals surface area (Å²) < 4.78 is 11.2. The number of hydrogen-bond donors (Lipinski definition) is 0. The lowest BCUT2D eigenvalue weighted by atomic mass is 10.0. The fourth-order valence-corrected chi connectivity index (χ4v) is 8.64. The maximum Gasteiger partial charge on any atom is 0.235 e. The molecule has 0 aliphatic rings. The van der Waals surface area contributed by atoms with Crippen molar-refractivity contribution in [3.05, 3.63) is 170 Å². The van der Waals surface area contributed by atoms with E-state index in [1.807, 2.05) is 18.2 Å². The van der Waals surface area contributed by atoms with Crippen LogP contribution in [0, 0.1) is 0 Å². The highest BCUT2D eigenvalue weighted by atomic mass is 16.3. The first-order chi connectivity index (χ1) is 26.3. The van der Waals surface area contributed by atoms with Crippen molar-refractivity contribution < 1.29 is 4.42 Å². The molecule has 0 amide bonds. The van der Waals surface area contributed by atoms with Gasteiger partial charge in [-0.2, -0.15) is 0 Å². The molecule has 53 heavy (non-hydrogen) atoms. The summed E-state index contributed by atoms with van der Waals surface area (Å²) >= 11 is 0. The van der Waals surface area contributed by atoms with Gasteiger partial charge < -0.3 is 8.98 Å². The normalized spacial score (nSPS) is 12.2. The van der Waals surface area contributed by atoms with E-state index in [0.29, 0.717) is 5.95 Å². The van der Waals surface area contributed by atoms with E-state index < -0.39 is 0 Å². The van der Waals surface area contributed by atoms with Crippen LogP contribution in [0.15, 0.2) is 174 Å². The van der Waals surface area contributed by atoms with Crippen molar-refractivity contribution in [3.63, 3.8) is 0 Å². The van der Waals surface area contributed by atoms with Crippen molar-refractivity contribution in [2.24, 2.45) is 0 Å². The van der Waals surface area contributed by atoms with Crippen molar-refractivity contribution in [1.82, 2.24) is 19.1 Å². The largest absolute Gasteiger partial charge is 0.455 e. The molecule has 0 atom stereocenters. The highest BCUT2D eigenvalue weighted by Gasteiger charge is 2.22. The maximum atomic E-state index is 6.55. The second-order valence-electron chi connectivity index (χ2n) is 13.8. The first kappa shape index (κ1) is 28.5. The number of para-hydroxylation sites is 5. The Hall–Kier alpha value is -7.24. The summed E-state index contributed by atoms with van der Waals surface area (Å²) in [6.07, 6.45) is 0. The average molecular weight is 677 g/mol. The van der Waals surface area contributed by atoms with E-state index in [-0.39, 0.29) is 0 Å². The third-order valence-electron chi connectivity index (χ3n) is 10.9. The smallest absolute Gasteiger partial charge is 0.235 e. The number of aromatic nitrogens is 4. The third kappa shape index (κ3) is 3.96. The van der Waals surface area contributed by atoms with Gasteiger partial charge in [0.15, 0.2) is 0 Å². The van der Waals surface area contributed by atoms with E-state index in [0.717, 1.165) is 66.2 Å². The van der Waals surface area contributed by atoms with E-state index in [1.54, 1.807) is 0 Å². The lowest BCUT2D eigenvalue weighted by Gasteiger charge is -2.12. The molecule has 0 fully saturated rings. The zero-order chi connectivity index (χ0) is 34.6. The Kier molecular flexibility index (Phi) is 5.71. The molecular formula is C48H28N4O. The van der Waals surface area contributed by atoms with Crippen molar-refractivity contribution >= 4 is 87.2 Å². The predicted molar refractivity (Wildman–Crippen MR) is 218 cm³/mol. The van der Waals surface area contributed by atoms with E-state index in [2.05, 4.69) is 161 Å². The van der Waals surface area contributed by atoms with Crippen LogP contribution in [0.25, 0.3) is 110 Å². The van der Waals surface area contributed by atoms with E-state index in [9.17, 15) is 0 Å². The summed E-state index contributed by atoms with van der Waals surface area (Å²) in [4.78, 5) is 10.7. The molecule has 0 aliphatic heterocycles. The van der Waals surface area contributed by atoms with E-state index >= 15 is 0 Å². The zero-order valence-corrected chi connectivity index (χ0v) is 28.4. The molecule has 5 heteroatoms. The van der Waals surface area contributed by atoms with Gasteiger partial charge in [-0.3, -0.25) is 4.57 Å². The molecule has 12 rings (SSSR count). The number of hydrogen-bond acceptors (Lipinski definition) is 3. The Morgan fingerprint density at radius 3 is 1.89 bits per heavy atom. The third-order valence-corrected chi connectivity index (χ3v) is 10.9. The van der Waals surface area contributed by atoms with Crippen molar-refractivity contribution in [1.29, 1.82) is 0 Å². The molecule has 5 nitrogen and oxygen atoms in total. The summed E-state index contributed by atoms with van der Waals surface area (Å²) in [5, 5.41) is 10.3. The minimum atomic E-state index is 0.617. The van der Waals surface area contributed by atoms with Crippen molar-refractivity contribution in [2.75, 3.05) is 0 Å². The van der Waals surface area contributed by atoms with Crippen LogP contribution < -0.4 is 0 Å². The molecule has 8 aromatic carbocycles. The van der Waals surface area contributed by atoms with Gasteiger partial charge in [0.1, 0.15) is 11.2 Å². The Morgan fingerprint density at radius 2 is 1.06 bits per heavy atom. The first-order valence-corrected chi connectivity index (χ1v) is 17.9. The summed E-state index contributed by atoms with van der Waals surface area (Å²) in [5.41, 5.74) is 9.93. The van der Waals surface area contributed by atoms with Gasteiger partial charge in [-0.1, -0.05) is 115 Å². The van der Waals surface area contributed by atoms with Gasteiger partial charge in [0, 0.05) is 49.0 Å². The van der Waals surface area contributed by atoms with Crippen molar-refractivity contribution in [3.8, 4) is 22.9 Å². The van der Waals surface area contributed by atoms with E-state index in [1.165, 1.54) is 38.0 Å². The average Bonchev–Trinajstić information content (AvgIpc) is 3.88. The lowest BCUT2D eigenvalue weighted by molar-refractivity contribution is 0.670. The highest BCUT2D eigenvalue weighted by molar-refractivity contribution is 6.22. The quantitative estimate of drug-likeness (QED) is 0.187. The molecule has 0 saturated heterocycles. The van der Waals surface area contributed by atoms with Gasteiger partial charge in [-0.15, -0.1) is 0 Å². The minimum Gasteiger partial charge on any atom is -0.455 e. The molecule has 4 aromatic heterocycles. The van der Waals surface area contributed by atoms with Gasteiger partial charge >= 0.3 is 0 Å². The summed E-state index contributed by atoms with van der Waals surface area (Å²) in [5.74, 6) is 0.617. The SMILES string of the molecule is c1ccc2c(c1)ccc1c2c2cc(-n3c4ccccc4c4ccccc43)ccc2n1-c1nc(-c2cccc3c2oc2ccccc23)c2ccccc2n1. The molecular weight excluding hydrogens is 649 g/mol. The highest BCUT2D eigenvalue weighted by Crippen LogP contribution is 2.41. The standard InChI is InChI=1S/C48H28N4O/c1-2-13-31-29(12-1)24-26-43-45(31)38-28-30(51-40-21-8-4-14-32(40)33-15-5-9-22-41(33)51)25-27-42(38)52(43)48-49-39-20-7-3-17-36(39)46(50-48)37-19-11-18-35-34-16-6-10-23-44(34)53-47(35)37/h1-28H. The second-order valence-corrected chi connectivity index (χ2v) is 13.8. The van der Waals surface area contributed by atoms with Gasteiger partial charge in [-0.05, 0) is 65.4 Å². The van der Waals surface area contributed by atoms with Crippen molar-refractivity contribution in [2.45, 2.75) is 0 Å². The number of furan rings is 1. The minimum absolute atomic E-state index is 0.617. The fraction of sp³-hybridized carbons (Fsp3) is 0. The van der Waals surface area contributed by atoms with Crippen LogP contribution in [0.3, 0.4) is 0 Å². The van der Waals surface area contributed by atoms with Gasteiger partial charge in [-0.25, -0.2) is 9.97 Å². The Bertz CT molecular complexity index is 3420. The van der Waals surface area contributed by atoms with Gasteiger partial charge in [0.2, 0.25) is 5.95 Å². The maximum absolute atomic E-state index is 6.55.